The van der Waals surface area contributed by atoms with Gasteiger partial charge in [-0.15, -0.1) is 11.8 Å². The Morgan fingerprint density at radius 2 is 2.00 bits per heavy atom. The van der Waals surface area contributed by atoms with Crippen LogP contribution < -0.4 is 14.9 Å². The molecule has 2 rings (SSSR count). The van der Waals surface area contributed by atoms with Crippen LogP contribution in [-0.2, 0) is 10.5 Å². The number of benzene rings is 2. The van der Waals surface area contributed by atoms with Crippen LogP contribution in [0.25, 0.3) is 0 Å². The molecule has 28 heavy (non-hydrogen) atoms. The maximum Gasteiger partial charge on any atom is 0.252 e. The lowest BCUT2D eigenvalue weighted by atomic mass is 10.2. The summed E-state index contributed by atoms with van der Waals surface area (Å²) in [6, 6.07) is 15.6. The molecule has 148 valence electrons. The third kappa shape index (κ3) is 7.12. The van der Waals surface area contributed by atoms with Gasteiger partial charge in [-0.25, -0.2) is 5.43 Å². The average Bonchev–Trinajstić information content (AvgIpc) is 2.72. The van der Waals surface area contributed by atoms with Gasteiger partial charge in [0.2, 0.25) is 0 Å². The van der Waals surface area contributed by atoms with Crippen molar-refractivity contribution >= 4 is 23.9 Å². The van der Waals surface area contributed by atoms with Gasteiger partial charge in [-0.3, -0.25) is 4.79 Å². The molecule has 0 radical (unpaired) electrons. The molecule has 0 heterocycles. The largest absolute Gasteiger partial charge is 0.490 e. The third-order valence-corrected chi connectivity index (χ3v) is 4.94. The van der Waals surface area contributed by atoms with E-state index in [1.54, 1.807) is 24.1 Å². The zero-order valence-corrected chi connectivity index (χ0v) is 17.1. The standard InChI is InChI=1S/C22H26N2O3S/c1-4-13-27-20-12-11-19(14-21(20)26-5-2)15-23-24-22(25)17(3)28-16-18-9-7-6-8-10-18/h4,6-12,14-15,17H,1,5,13,16H2,2-3H3,(H,24,25)/b23-15+. The molecule has 0 fully saturated rings. The highest BCUT2D eigenvalue weighted by atomic mass is 32.2. The van der Waals surface area contributed by atoms with E-state index in [1.807, 2.05) is 62.4 Å². The Morgan fingerprint density at radius 3 is 2.71 bits per heavy atom. The number of rotatable bonds is 11. The van der Waals surface area contributed by atoms with Gasteiger partial charge >= 0.3 is 0 Å². The molecule has 0 spiro atoms. The molecule has 0 aliphatic carbocycles. The summed E-state index contributed by atoms with van der Waals surface area (Å²) in [7, 11) is 0. The van der Waals surface area contributed by atoms with E-state index in [-0.39, 0.29) is 11.2 Å². The third-order valence-electron chi connectivity index (χ3n) is 3.72. The number of hydrogen-bond acceptors (Lipinski definition) is 5. The first-order valence-corrected chi connectivity index (χ1v) is 10.2. The van der Waals surface area contributed by atoms with Gasteiger partial charge < -0.3 is 9.47 Å². The van der Waals surface area contributed by atoms with E-state index in [2.05, 4.69) is 17.1 Å². The topological polar surface area (TPSA) is 59.9 Å². The minimum Gasteiger partial charge on any atom is -0.490 e. The molecule has 1 N–H and O–H groups in total. The van der Waals surface area contributed by atoms with E-state index in [1.165, 1.54) is 5.56 Å². The predicted molar refractivity (Wildman–Crippen MR) is 116 cm³/mol. The minimum absolute atomic E-state index is 0.131. The Hall–Kier alpha value is -2.73. The SMILES string of the molecule is C=CCOc1ccc(/C=N/NC(=O)C(C)SCc2ccccc2)cc1OCC. The van der Waals surface area contributed by atoms with Crippen molar-refractivity contribution in [2.45, 2.75) is 24.9 Å². The van der Waals surface area contributed by atoms with Gasteiger partial charge in [-0.2, -0.15) is 5.10 Å². The van der Waals surface area contributed by atoms with Gasteiger partial charge in [0.25, 0.3) is 5.91 Å². The second kappa shape index (κ2) is 11.9. The van der Waals surface area contributed by atoms with Crippen LogP contribution in [0.4, 0.5) is 0 Å². The van der Waals surface area contributed by atoms with Gasteiger partial charge in [0.1, 0.15) is 6.61 Å². The lowest BCUT2D eigenvalue weighted by molar-refractivity contribution is -0.120. The summed E-state index contributed by atoms with van der Waals surface area (Å²) < 4.78 is 11.2. The van der Waals surface area contributed by atoms with Crippen molar-refractivity contribution in [3.63, 3.8) is 0 Å². The van der Waals surface area contributed by atoms with Crippen LogP contribution in [0.1, 0.15) is 25.0 Å². The minimum atomic E-state index is -0.203. The maximum atomic E-state index is 12.2. The van der Waals surface area contributed by atoms with E-state index in [9.17, 15) is 4.79 Å². The lowest BCUT2D eigenvalue weighted by Crippen LogP contribution is -2.27. The summed E-state index contributed by atoms with van der Waals surface area (Å²) in [5.41, 5.74) is 4.59. The molecule has 2 aromatic rings. The predicted octanol–water partition coefficient (Wildman–Crippen LogP) is 4.42. The van der Waals surface area contributed by atoms with Crippen LogP contribution >= 0.6 is 11.8 Å². The molecule has 0 aliphatic heterocycles. The maximum absolute atomic E-state index is 12.2. The molecule has 5 nitrogen and oxygen atoms in total. The normalized spacial score (nSPS) is 11.8. The highest BCUT2D eigenvalue weighted by Gasteiger charge is 2.12. The summed E-state index contributed by atoms with van der Waals surface area (Å²) >= 11 is 1.57. The number of carbonyl (C=O) groups is 1. The van der Waals surface area contributed by atoms with Gasteiger partial charge in [0, 0.05) is 5.75 Å². The molecular weight excluding hydrogens is 372 g/mol. The summed E-state index contributed by atoms with van der Waals surface area (Å²) in [6.07, 6.45) is 3.27. The van der Waals surface area contributed by atoms with Crippen LogP contribution in [0.3, 0.4) is 0 Å². The molecule has 1 unspecified atom stereocenters. The molecule has 0 aliphatic rings. The van der Waals surface area contributed by atoms with Crippen LogP contribution in [0.15, 0.2) is 66.3 Å². The fraction of sp³-hybridized carbons (Fsp3) is 0.273. The number of hydrogen-bond donors (Lipinski definition) is 1. The van der Waals surface area contributed by atoms with Crippen molar-refractivity contribution in [3.05, 3.63) is 72.3 Å². The highest BCUT2D eigenvalue weighted by molar-refractivity contribution is 7.99. The molecule has 1 amide bonds. The second-order valence-electron chi connectivity index (χ2n) is 5.91. The Balaban J connectivity index is 1.89. The Labute approximate surface area is 170 Å². The Bertz CT molecular complexity index is 794. The van der Waals surface area contributed by atoms with Gasteiger partial charge in [-0.1, -0.05) is 43.0 Å². The number of nitrogens with zero attached hydrogens (tertiary/aromatic N) is 1. The van der Waals surface area contributed by atoms with Crippen molar-refractivity contribution in [1.82, 2.24) is 5.43 Å². The van der Waals surface area contributed by atoms with Crippen LogP contribution in [0, 0.1) is 0 Å². The first-order valence-electron chi connectivity index (χ1n) is 9.13. The van der Waals surface area contributed by atoms with Crippen LogP contribution in [-0.4, -0.2) is 30.6 Å². The molecule has 0 saturated carbocycles. The number of thioether (sulfide) groups is 1. The Morgan fingerprint density at radius 1 is 1.21 bits per heavy atom. The zero-order chi connectivity index (χ0) is 20.2. The molecule has 1 atom stereocenters. The summed E-state index contributed by atoms with van der Waals surface area (Å²) in [4.78, 5) is 12.2. The molecule has 0 saturated heterocycles. The van der Waals surface area contributed by atoms with E-state index in [4.69, 9.17) is 9.47 Å². The fourth-order valence-corrected chi connectivity index (χ4v) is 3.11. The second-order valence-corrected chi connectivity index (χ2v) is 7.24. The monoisotopic (exact) mass is 398 g/mol. The van der Waals surface area contributed by atoms with E-state index >= 15 is 0 Å². The molecule has 6 heteroatoms. The number of amides is 1. The molecule has 0 aromatic heterocycles. The Kier molecular flexibility index (Phi) is 9.15. The summed E-state index contributed by atoms with van der Waals surface area (Å²) in [5, 5.41) is 3.86. The van der Waals surface area contributed by atoms with Gasteiger partial charge in [0.15, 0.2) is 11.5 Å². The van der Waals surface area contributed by atoms with Crippen molar-refractivity contribution in [3.8, 4) is 11.5 Å². The van der Waals surface area contributed by atoms with Crippen LogP contribution in [0.5, 0.6) is 11.5 Å². The average molecular weight is 399 g/mol. The van der Waals surface area contributed by atoms with E-state index in [0.29, 0.717) is 24.7 Å². The smallest absolute Gasteiger partial charge is 0.252 e. The summed E-state index contributed by atoms with van der Waals surface area (Å²) in [6.45, 7) is 8.35. The highest BCUT2D eigenvalue weighted by Crippen LogP contribution is 2.28. The number of carbonyl (C=O) groups excluding carboxylic acids is 1. The van der Waals surface area contributed by atoms with Crippen molar-refractivity contribution in [1.29, 1.82) is 0 Å². The molecule has 0 bridgehead atoms. The van der Waals surface area contributed by atoms with Crippen molar-refractivity contribution in [2.75, 3.05) is 13.2 Å². The first-order chi connectivity index (χ1) is 13.6. The number of hydrazone groups is 1. The molecule has 2 aromatic carbocycles. The van der Waals surface area contributed by atoms with E-state index in [0.717, 1.165) is 11.3 Å². The van der Waals surface area contributed by atoms with Crippen molar-refractivity contribution in [2.24, 2.45) is 5.10 Å². The quantitative estimate of drug-likeness (QED) is 0.346. The fourth-order valence-electron chi connectivity index (χ4n) is 2.27. The number of nitrogens with one attached hydrogen (secondary N) is 1. The van der Waals surface area contributed by atoms with Crippen LogP contribution in [0.2, 0.25) is 0 Å². The zero-order valence-electron chi connectivity index (χ0n) is 16.3. The van der Waals surface area contributed by atoms with Gasteiger partial charge in [0.05, 0.1) is 18.1 Å². The number of ether oxygens (including phenoxy) is 2. The van der Waals surface area contributed by atoms with Gasteiger partial charge in [-0.05, 0) is 43.2 Å². The van der Waals surface area contributed by atoms with Crippen molar-refractivity contribution < 1.29 is 14.3 Å². The summed E-state index contributed by atoms with van der Waals surface area (Å²) in [5.74, 6) is 1.93. The van der Waals surface area contributed by atoms with E-state index < -0.39 is 0 Å². The first kappa shape index (κ1) is 21.6. The lowest BCUT2D eigenvalue weighted by Gasteiger charge is -2.11. The molecular formula is C22H26N2O3S.